The second kappa shape index (κ2) is 6.39. The number of aryl methyl sites for hydroxylation is 1. The summed E-state index contributed by atoms with van der Waals surface area (Å²) in [5.41, 5.74) is 4.74. The van der Waals surface area contributed by atoms with E-state index in [0.717, 1.165) is 18.7 Å². The summed E-state index contributed by atoms with van der Waals surface area (Å²) in [5.74, 6) is 0. The van der Waals surface area contributed by atoms with Crippen molar-refractivity contribution >= 4 is 5.69 Å². The Morgan fingerprint density at radius 1 is 1.00 bits per heavy atom. The first-order chi connectivity index (χ1) is 9.24. The summed E-state index contributed by atoms with van der Waals surface area (Å²) >= 11 is 0. The fourth-order valence-electron chi connectivity index (χ4n) is 2.34. The van der Waals surface area contributed by atoms with Gasteiger partial charge in [-0.15, -0.1) is 0 Å². The molecule has 0 atom stereocenters. The van der Waals surface area contributed by atoms with Crippen LogP contribution in [0.4, 0.5) is 5.69 Å². The average molecular weight is 255 g/mol. The van der Waals surface area contributed by atoms with E-state index in [9.17, 15) is 5.11 Å². The molecule has 0 amide bonds. The minimum Gasteiger partial charge on any atom is -0.392 e. The first kappa shape index (κ1) is 13.6. The Morgan fingerprint density at radius 3 is 2.32 bits per heavy atom. The lowest BCUT2D eigenvalue weighted by molar-refractivity contribution is 0.282. The Labute approximate surface area is 115 Å². The van der Waals surface area contributed by atoms with Gasteiger partial charge >= 0.3 is 0 Å². The third kappa shape index (κ3) is 3.36. The molecule has 0 spiro atoms. The van der Waals surface area contributed by atoms with Crippen LogP contribution in [0.5, 0.6) is 0 Å². The summed E-state index contributed by atoms with van der Waals surface area (Å²) in [4.78, 5) is 2.35. The van der Waals surface area contributed by atoms with Crippen molar-refractivity contribution in [3.05, 3.63) is 65.2 Å². The minimum atomic E-state index is 0.103. The molecular weight excluding hydrogens is 234 g/mol. The minimum absolute atomic E-state index is 0.103. The van der Waals surface area contributed by atoms with Gasteiger partial charge < -0.3 is 10.0 Å². The van der Waals surface area contributed by atoms with Gasteiger partial charge in [-0.2, -0.15) is 0 Å². The first-order valence-electron chi connectivity index (χ1n) is 6.74. The Bertz CT molecular complexity index is 522. The van der Waals surface area contributed by atoms with Crippen LogP contribution >= 0.6 is 0 Å². The van der Waals surface area contributed by atoms with Crippen LogP contribution < -0.4 is 4.90 Å². The molecule has 2 aromatic rings. The van der Waals surface area contributed by atoms with Crippen molar-refractivity contribution in [1.82, 2.24) is 0 Å². The van der Waals surface area contributed by atoms with Crippen LogP contribution in [0.1, 0.15) is 23.6 Å². The summed E-state index contributed by atoms with van der Waals surface area (Å²) < 4.78 is 0. The Balaban J connectivity index is 2.22. The normalized spacial score (nSPS) is 10.5. The van der Waals surface area contributed by atoms with Gasteiger partial charge in [0.25, 0.3) is 0 Å². The standard InChI is InChI=1S/C17H21NO/c1-3-18(12-15-7-5-4-6-8-15)17-10-9-16(13-19)11-14(17)2/h4-11,19H,3,12-13H2,1-2H3. The lowest BCUT2D eigenvalue weighted by Gasteiger charge is -2.25. The zero-order chi connectivity index (χ0) is 13.7. The fraction of sp³-hybridized carbons (Fsp3) is 0.294. The molecule has 0 saturated carbocycles. The maximum atomic E-state index is 9.17. The Kier molecular flexibility index (Phi) is 4.58. The van der Waals surface area contributed by atoms with E-state index in [-0.39, 0.29) is 6.61 Å². The van der Waals surface area contributed by atoms with Gasteiger partial charge in [0.2, 0.25) is 0 Å². The van der Waals surface area contributed by atoms with E-state index >= 15 is 0 Å². The molecule has 0 aliphatic heterocycles. The lowest BCUT2D eigenvalue weighted by atomic mass is 10.1. The van der Waals surface area contributed by atoms with E-state index in [4.69, 9.17) is 0 Å². The molecule has 0 bridgehead atoms. The summed E-state index contributed by atoms with van der Waals surface area (Å²) in [6.07, 6.45) is 0. The van der Waals surface area contributed by atoms with Crippen LogP contribution in [-0.2, 0) is 13.2 Å². The number of aliphatic hydroxyl groups is 1. The van der Waals surface area contributed by atoms with Gasteiger partial charge in [-0.05, 0) is 36.6 Å². The molecule has 0 heterocycles. The number of hydrogen-bond donors (Lipinski definition) is 1. The molecular formula is C17H21NO. The first-order valence-corrected chi connectivity index (χ1v) is 6.74. The fourth-order valence-corrected chi connectivity index (χ4v) is 2.34. The number of benzene rings is 2. The maximum absolute atomic E-state index is 9.17. The quantitative estimate of drug-likeness (QED) is 0.883. The summed E-state index contributed by atoms with van der Waals surface area (Å²) in [6, 6.07) is 16.7. The van der Waals surface area contributed by atoms with Crippen molar-refractivity contribution in [1.29, 1.82) is 0 Å². The molecule has 0 aromatic heterocycles. The molecule has 1 N–H and O–H groups in total. The van der Waals surface area contributed by atoms with Crippen molar-refractivity contribution in [2.24, 2.45) is 0 Å². The monoisotopic (exact) mass is 255 g/mol. The summed E-state index contributed by atoms with van der Waals surface area (Å²) in [5, 5.41) is 9.17. The molecule has 0 unspecified atom stereocenters. The number of anilines is 1. The van der Waals surface area contributed by atoms with Crippen LogP contribution in [-0.4, -0.2) is 11.7 Å². The summed E-state index contributed by atoms with van der Waals surface area (Å²) in [7, 11) is 0. The molecule has 2 heteroatoms. The van der Waals surface area contributed by atoms with E-state index in [0.29, 0.717) is 0 Å². The van der Waals surface area contributed by atoms with Gasteiger partial charge in [-0.25, -0.2) is 0 Å². The molecule has 19 heavy (non-hydrogen) atoms. The van der Waals surface area contributed by atoms with Crippen LogP contribution in [0.2, 0.25) is 0 Å². The molecule has 2 aromatic carbocycles. The third-order valence-electron chi connectivity index (χ3n) is 3.38. The number of hydrogen-bond acceptors (Lipinski definition) is 2. The van der Waals surface area contributed by atoms with E-state index in [1.807, 2.05) is 12.1 Å². The highest BCUT2D eigenvalue weighted by atomic mass is 16.3. The van der Waals surface area contributed by atoms with Gasteiger partial charge in [0.05, 0.1) is 6.61 Å². The van der Waals surface area contributed by atoms with Crippen LogP contribution in [0.25, 0.3) is 0 Å². The third-order valence-corrected chi connectivity index (χ3v) is 3.38. The molecule has 0 fully saturated rings. The molecule has 100 valence electrons. The summed E-state index contributed by atoms with van der Waals surface area (Å²) in [6.45, 7) is 6.25. The Hall–Kier alpha value is -1.80. The zero-order valence-electron chi connectivity index (χ0n) is 11.6. The zero-order valence-corrected chi connectivity index (χ0v) is 11.6. The maximum Gasteiger partial charge on any atom is 0.0681 e. The smallest absolute Gasteiger partial charge is 0.0681 e. The van der Waals surface area contributed by atoms with E-state index in [1.54, 1.807) is 0 Å². The van der Waals surface area contributed by atoms with Crippen LogP contribution in [0.15, 0.2) is 48.5 Å². The molecule has 2 rings (SSSR count). The van der Waals surface area contributed by atoms with Crippen molar-refractivity contribution in [3.8, 4) is 0 Å². The van der Waals surface area contributed by atoms with Gasteiger partial charge in [0.15, 0.2) is 0 Å². The lowest BCUT2D eigenvalue weighted by Crippen LogP contribution is -2.22. The van der Waals surface area contributed by atoms with E-state index in [1.165, 1.54) is 16.8 Å². The number of rotatable bonds is 5. The van der Waals surface area contributed by atoms with Crippen molar-refractivity contribution in [2.75, 3.05) is 11.4 Å². The molecule has 2 nitrogen and oxygen atoms in total. The second-order valence-electron chi connectivity index (χ2n) is 4.78. The molecule has 0 radical (unpaired) electrons. The van der Waals surface area contributed by atoms with Crippen LogP contribution in [0, 0.1) is 6.92 Å². The van der Waals surface area contributed by atoms with E-state index < -0.39 is 0 Å². The van der Waals surface area contributed by atoms with Crippen molar-refractivity contribution in [2.45, 2.75) is 27.0 Å². The second-order valence-corrected chi connectivity index (χ2v) is 4.78. The topological polar surface area (TPSA) is 23.5 Å². The molecule has 0 aliphatic carbocycles. The van der Waals surface area contributed by atoms with Crippen molar-refractivity contribution in [3.63, 3.8) is 0 Å². The SMILES string of the molecule is CCN(Cc1ccccc1)c1ccc(CO)cc1C. The number of aliphatic hydroxyl groups excluding tert-OH is 1. The van der Waals surface area contributed by atoms with Gasteiger partial charge in [0, 0.05) is 18.8 Å². The van der Waals surface area contributed by atoms with Crippen molar-refractivity contribution < 1.29 is 5.11 Å². The van der Waals surface area contributed by atoms with E-state index in [2.05, 4.69) is 55.1 Å². The molecule has 0 aliphatic rings. The number of nitrogens with zero attached hydrogens (tertiary/aromatic N) is 1. The highest BCUT2D eigenvalue weighted by Gasteiger charge is 2.08. The van der Waals surface area contributed by atoms with Crippen LogP contribution in [0.3, 0.4) is 0 Å². The Morgan fingerprint density at radius 2 is 1.74 bits per heavy atom. The predicted molar refractivity (Wildman–Crippen MR) is 80.3 cm³/mol. The van der Waals surface area contributed by atoms with Gasteiger partial charge in [-0.1, -0.05) is 42.5 Å². The molecule has 0 saturated heterocycles. The highest BCUT2D eigenvalue weighted by Crippen LogP contribution is 2.23. The van der Waals surface area contributed by atoms with Gasteiger partial charge in [0.1, 0.15) is 0 Å². The largest absolute Gasteiger partial charge is 0.392 e. The highest BCUT2D eigenvalue weighted by molar-refractivity contribution is 5.54. The average Bonchev–Trinajstić information content (AvgIpc) is 2.46. The predicted octanol–water partition coefficient (Wildman–Crippen LogP) is 3.51. The van der Waals surface area contributed by atoms with Gasteiger partial charge in [-0.3, -0.25) is 0 Å².